The van der Waals surface area contributed by atoms with E-state index >= 15 is 0 Å². The lowest BCUT2D eigenvalue weighted by molar-refractivity contribution is -0.141. The fourth-order valence-corrected chi connectivity index (χ4v) is 11.1. The van der Waals surface area contributed by atoms with Crippen LogP contribution in [0.1, 0.15) is 198 Å². The molecular weight excluding hydrogens is 1170 g/mol. The summed E-state index contributed by atoms with van der Waals surface area (Å²) in [5.41, 5.74) is 15.0. The molecule has 1 aliphatic heterocycles. The summed E-state index contributed by atoms with van der Waals surface area (Å²) < 4.78 is 0. The van der Waals surface area contributed by atoms with E-state index in [-0.39, 0.29) is 74.9 Å². The predicted octanol–water partition coefficient (Wildman–Crippen LogP) is 4.57. The van der Waals surface area contributed by atoms with Crippen LogP contribution in [-0.2, 0) is 68.7 Å². The molecular formula is C67H105N11O13. The summed E-state index contributed by atoms with van der Waals surface area (Å²) in [5.74, 6) is -11.4. The highest BCUT2D eigenvalue weighted by atomic mass is 16.2. The minimum atomic E-state index is -1.65. The summed E-state index contributed by atoms with van der Waals surface area (Å²) in [6, 6.07) is -0.106. The highest BCUT2D eigenvalue weighted by Gasteiger charge is 2.41. The van der Waals surface area contributed by atoms with E-state index in [1.807, 2.05) is 64.1 Å². The topological polar surface area (TPSA) is 386 Å². The summed E-state index contributed by atoms with van der Waals surface area (Å²) in [7, 11) is 0. The fraction of sp³-hybridized carbons (Fsp3) is 0.657. The molecule has 1 aliphatic rings. The van der Waals surface area contributed by atoms with Crippen LogP contribution in [0.15, 0.2) is 42.6 Å². The number of aromatic nitrogens is 1. The molecule has 2 unspecified atom stereocenters. The third kappa shape index (κ3) is 25.7. The highest BCUT2D eigenvalue weighted by molar-refractivity contribution is 6.41. The van der Waals surface area contributed by atoms with Crippen LogP contribution in [0.5, 0.6) is 0 Å². The molecule has 2 heterocycles. The van der Waals surface area contributed by atoms with Crippen molar-refractivity contribution in [2.75, 3.05) is 6.54 Å². The molecule has 506 valence electrons. The van der Waals surface area contributed by atoms with Crippen molar-refractivity contribution in [3.8, 4) is 0 Å². The van der Waals surface area contributed by atoms with Crippen molar-refractivity contribution in [3.63, 3.8) is 0 Å². The molecule has 11 atom stereocenters. The Morgan fingerprint density at radius 3 is 1.96 bits per heavy atom. The molecule has 1 aromatic heterocycles. The molecule has 0 aliphatic carbocycles. The number of nitrogens with two attached hydrogens (primary N) is 2. The number of carbonyl (C=O) groups is 13. The van der Waals surface area contributed by atoms with Crippen molar-refractivity contribution in [3.05, 3.63) is 48.2 Å². The van der Waals surface area contributed by atoms with E-state index in [1.165, 1.54) is 48.5 Å². The Hall–Kier alpha value is -7.31. The van der Waals surface area contributed by atoms with Gasteiger partial charge in [0.05, 0.1) is 30.1 Å². The molecule has 0 fully saturated rings. The smallest absolute Gasteiger partial charge is 0.246 e. The zero-order valence-electron chi connectivity index (χ0n) is 56.0. The number of carbonyl (C=O) groups excluding carboxylic acids is 13. The zero-order valence-corrected chi connectivity index (χ0v) is 56.0. The van der Waals surface area contributed by atoms with Gasteiger partial charge in [-0.25, -0.2) is 5.43 Å². The van der Waals surface area contributed by atoms with Gasteiger partial charge in [0.2, 0.25) is 64.5 Å². The summed E-state index contributed by atoms with van der Waals surface area (Å²) >= 11 is 0. The van der Waals surface area contributed by atoms with Gasteiger partial charge in [0.1, 0.15) is 29.2 Å². The van der Waals surface area contributed by atoms with E-state index in [4.69, 9.17) is 11.5 Å². The van der Waals surface area contributed by atoms with Gasteiger partial charge in [-0.15, -0.1) is 0 Å². The monoisotopic (exact) mass is 1270 g/mol. The van der Waals surface area contributed by atoms with Gasteiger partial charge in [0.15, 0.2) is 0 Å². The minimum Gasteiger partial charge on any atom is -0.370 e. The molecule has 13 N–H and O–H groups in total. The van der Waals surface area contributed by atoms with E-state index in [2.05, 4.69) is 47.7 Å². The molecule has 24 nitrogen and oxygen atoms in total. The van der Waals surface area contributed by atoms with Gasteiger partial charge >= 0.3 is 0 Å². The first-order valence-corrected chi connectivity index (χ1v) is 32.3. The number of hydrogen-bond acceptors (Lipinski definition) is 16. The molecule has 24 heteroatoms. The number of hydrogen-bond donors (Lipinski definition) is 11. The third-order valence-electron chi connectivity index (χ3n) is 17.1. The molecule has 0 radical (unpaired) electrons. The van der Waals surface area contributed by atoms with Gasteiger partial charge in [0, 0.05) is 65.7 Å². The number of primary amides is 2. The first kappa shape index (κ1) is 77.9. The summed E-state index contributed by atoms with van der Waals surface area (Å²) in [6.45, 7) is 20.5. The SMILES string of the molecule is CC(=O)C[C@]1(C)CCCCCC/C=C/CCC[C@@](C)(C(=O)N[C@@H](C)C(=O)NC(C)C(=O)N[C@@H](C)C(=O)C(=O)[C@H](C)NNC(C)(C)CC[C@H](C)C(N)=O)NC(=O)[C@H](CC(C)C)CN[C@@H](CCC(N)=O)C(=O)C(=O)C(C)NC(=O)[C@H](Cc2c[nH]c3ccccc23)CC1=O. The Bertz CT molecular complexity index is 2940. The standard InChI is InChI=1S/C67H105N11O13/c1-39(2)33-49-38-71-52(27-28-54(68)81)58(85)56(83)43(6)73-62(89)47(34-48-37-70-51-26-22-21-25-50(48)51)35-53(80)66(12,36-41(4)79)30-23-19-17-15-14-16-18-20-24-31-67(13,76-63(49)90)64(91)75-46(9)61(88)74-45(8)60(87)72-42(5)55(82)57(84)44(7)77-78-65(10,11)32-29-40(3)59(69)86/h16,18,21-22,25-26,37,39-40,42-47,49,52,70-71,77-78H,14-15,17,19-20,23-24,27-36,38H2,1-13H3,(H2,68,81)(H2,69,86)(H,72,87)(H,73,89)(H,74,88)(H,75,91)(H,76,90)/b18-16+/t40-,42-,43?,44-,45?,46-,47+,49+,52-,66-,67-/m0/s1. The number of fused-ring (bicyclic) bond motifs is 1. The van der Waals surface area contributed by atoms with Crippen LogP contribution >= 0.6 is 0 Å². The van der Waals surface area contributed by atoms with Crippen LogP contribution in [0.2, 0.25) is 0 Å². The number of allylic oxidation sites excluding steroid dienone is 2. The number of aromatic amines is 1. The number of nitrogens with one attached hydrogen (secondary N) is 9. The Labute approximate surface area is 536 Å². The number of Topliss-reactive ketones (excluding diaryl/α,β-unsaturated/α-hetero) is 6. The highest BCUT2D eigenvalue weighted by Crippen LogP contribution is 2.35. The molecule has 1 aromatic carbocycles. The molecule has 2 aromatic rings. The first-order chi connectivity index (χ1) is 42.5. The lowest BCUT2D eigenvalue weighted by atomic mass is 9.73. The van der Waals surface area contributed by atoms with Gasteiger partial charge in [-0.05, 0) is 150 Å². The Morgan fingerprint density at radius 2 is 1.33 bits per heavy atom. The molecule has 0 saturated heterocycles. The minimum absolute atomic E-state index is 0.0227. The van der Waals surface area contributed by atoms with E-state index in [0.717, 1.165) is 42.1 Å². The number of amides is 7. The van der Waals surface area contributed by atoms with Crippen LogP contribution in [0, 0.1) is 29.1 Å². The molecule has 91 heavy (non-hydrogen) atoms. The Kier molecular flexibility index (Phi) is 31.4. The largest absolute Gasteiger partial charge is 0.370 e. The first-order valence-electron chi connectivity index (χ1n) is 32.3. The van der Waals surface area contributed by atoms with Crippen LogP contribution in [0.25, 0.3) is 10.9 Å². The summed E-state index contributed by atoms with van der Waals surface area (Å²) in [4.78, 5) is 180. The zero-order chi connectivity index (χ0) is 68.6. The second-order valence-corrected chi connectivity index (χ2v) is 26.8. The number of benzene rings is 1. The maximum absolute atomic E-state index is 14.6. The number of rotatable bonds is 25. The van der Waals surface area contributed by atoms with Crippen molar-refractivity contribution >= 4 is 87.0 Å². The van der Waals surface area contributed by atoms with Gasteiger partial charge in [-0.3, -0.25) is 67.8 Å². The average Bonchev–Trinajstić information content (AvgIpc) is 1.87. The molecule has 0 bridgehead atoms. The van der Waals surface area contributed by atoms with Crippen molar-refractivity contribution in [1.29, 1.82) is 0 Å². The molecule has 7 amide bonds. The summed E-state index contributed by atoms with van der Waals surface area (Å²) in [6.07, 6.45) is 11.5. The number of para-hydroxylation sites is 1. The van der Waals surface area contributed by atoms with Gasteiger partial charge < -0.3 is 48.4 Å². The van der Waals surface area contributed by atoms with Crippen molar-refractivity contribution in [2.24, 2.45) is 40.6 Å². The van der Waals surface area contributed by atoms with Gasteiger partial charge in [-0.1, -0.05) is 77.3 Å². The van der Waals surface area contributed by atoms with E-state index < -0.39 is 129 Å². The molecule has 3 rings (SSSR count). The maximum Gasteiger partial charge on any atom is 0.246 e. The lowest BCUT2D eigenvalue weighted by Gasteiger charge is -2.33. The lowest BCUT2D eigenvalue weighted by Crippen LogP contribution is -2.62. The fourth-order valence-electron chi connectivity index (χ4n) is 11.1. The van der Waals surface area contributed by atoms with Crippen LogP contribution in [0.4, 0.5) is 0 Å². The Morgan fingerprint density at radius 1 is 0.725 bits per heavy atom. The van der Waals surface area contributed by atoms with E-state index in [1.54, 1.807) is 20.0 Å². The van der Waals surface area contributed by atoms with Gasteiger partial charge in [-0.2, -0.15) is 0 Å². The van der Waals surface area contributed by atoms with Gasteiger partial charge in [0.25, 0.3) is 0 Å². The molecule has 0 saturated carbocycles. The second kappa shape index (κ2) is 36.7. The van der Waals surface area contributed by atoms with Crippen LogP contribution < -0.4 is 54.2 Å². The number of H-pyrrole nitrogens is 1. The van der Waals surface area contributed by atoms with Crippen molar-refractivity contribution < 1.29 is 62.3 Å². The average molecular weight is 1270 g/mol. The van der Waals surface area contributed by atoms with Crippen LogP contribution in [-0.4, -0.2) is 135 Å². The van der Waals surface area contributed by atoms with Crippen LogP contribution in [0.3, 0.4) is 0 Å². The normalized spacial score (nSPS) is 23.9. The molecule has 0 spiro atoms. The summed E-state index contributed by atoms with van der Waals surface area (Å²) in [5, 5.41) is 17.2. The van der Waals surface area contributed by atoms with E-state index in [0.29, 0.717) is 38.5 Å². The quantitative estimate of drug-likeness (QED) is 0.0368. The number of ketones is 6. The van der Waals surface area contributed by atoms with Crippen molar-refractivity contribution in [2.45, 2.75) is 246 Å². The number of hydrazine groups is 1. The Balaban J connectivity index is 1.89. The van der Waals surface area contributed by atoms with Crippen molar-refractivity contribution in [1.82, 2.24) is 47.7 Å². The second-order valence-electron chi connectivity index (χ2n) is 26.8. The third-order valence-corrected chi connectivity index (χ3v) is 17.1. The maximum atomic E-state index is 14.6. The predicted molar refractivity (Wildman–Crippen MR) is 347 cm³/mol. The van der Waals surface area contributed by atoms with E-state index in [9.17, 15) is 62.3 Å².